The van der Waals surface area contributed by atoms with Gasteiger partial charge in [0, 0.05) is 25.7 Å². The van der Waals surface area contributed by atoms with Gasteiger partial charge in [-0.25, -0.2) is 0 Å². The second kappa shape index (κ2) is 4.94. The Bertz CT molecular complexity index is 229. The molecule has 0 aromatic heterocycles. The number of nitrogens with zero attached hydrogens (tertiary/aromatic N) is 2. The molecule has 0 unspecified atom stereocenters. The number of carboxylic acids is 1. The summed E-state index contributed by atoms with van der Waals surface area (Å²) in [5, 5.41) is 8.73. The molecule has 2 rings (SSSR count). The van der Waals surface area contributed by atoms with Crippen molar-refractivity contribution in [2.75, 3.05) is 32.7 Å². The normalized spacial score (nSPS) is 25.9. The molecule has 0 aromatic carbocycles. The van der Waals surface area contributed by atoms with Gasteiger partial charge in [0.2, 0.25) is 0 Å². The summed E-state index contributed by atoms with van der Waals surface area (Å²) >= 11 is 0. The van der Waals surface area contributed by atoms with E-state index >= 15 is 0 Å². The molecule has 0 bridgehead atoms. The van der Waals surface area contributed by atoms with Gasteiger partial charge in [-0.2, -0.15) is 0 Å². The first-order valence-corrected chi connectivity index (χ1v) is 5.94. The zero-order valence-corrected chi connectivity index (χ0v) is 9.19. The van der Waals surface area contributed by atoms with Crippen LogP contribution in [0.25, 0.3) is 0 Å². The maximum absolute atomic E-state index is 10.6. The van der Waals surface area contributed by atoms with Crippen molar-refractivity contribution in [1.29, 1.82) is 0 Å². The molecule has 4 heteroatoms. The number of hydrogen-bond acceptors (Lipinski definition) is 3. The first-order valence-electron chi connectivity index (χ1n) is 5.94. The van der Waals surface area contributed by atoms with Gasteiger partial charge in [-0.3, -0.25) is 14.6 Å². The molecule has 0 spiro atoms. The molecule has 0 atom stereocenters. The summed E-state index contributed by atoms with van der Waals surface area (Å²) in [5.74, 6) is -0.702. The third-order valence-corrected chi connectivity index (χ3v) is 3.57. The molecule has 86 valence electrons. The molecule has 1 aliphatic carbocycles. The predicted octanol–water partition coefficient (Wildman–Crippen LogP) is 0.631. The molecule has 2 aliphatic rings. The Labute approximate surface area is 90.9 Å². The van der Waals surface area contributed by atoms with E-state index in [1.165, 1.54) is 19.3 Å². The molecule has 1 heterocycles. The Morgan fingerprint density at radius 2 is 1.93 bits per heavy atom. The minimum absolute atomic E-state index is 0.207. The average molecular weight is 212 g/mol. The van der Waals surface area contributed by atoms with Crippen molar-refractivity contribution in [3.63, 3.8) is 0 Å². The highest BCUT2D eigenvalue weighted by Gasteiger charge is 2.26. The highest BCUT2D eigenvalue weighted by atomic mass is 16.4. The molecule has 15 heavy (non-hydrogen) atoms. The molecule has 0 amide bonds. The lowest BCUT2D eigenvalue weighted by Crippen LogP contribution is -2.42. The van der Waals surface area contributed by atoms with E-state index in [1.807, 2.05) is 0 Å². The van der Waals surface area contributed by atoms with Crippen LogP contribution in [0.4, 0.5) is 0 Å². The van der Waals surface area contributed by atoms with Crippen molar-refractivity contribution in [3.05, 3.63) is 0 Å². The van der Waals surface area contributed by atoms with E-state index in [0.29, 0.717) is 0 Å². The third-order valence-electron chi connectivity index (χ3n) is 3.57. The van der Waals surface area contributed by atoms with E-state index in [-0.39, 0.29) is 6.54 Å². The number of rotatable bonds is 3. The summed E-state index contributed by atoms with van der Waals surface area (Å²) in [4.78, 5) is 15.2. The van der Waals surface area contributed by atoms with Crippen molar-refractivity contribution in [2.24, 2.45) is 0 Å². The van der Waals surface area contributed by atoms with Crippen molar-refractivity contribution < 1.29 is 9.90 Å². The Morgan fingerprint density at radius 3 is 2.53 bits per heavy atom. The fourth-order valence-corrected chi connectivity index (χ4v) is 2.46. The topological polar surface area (TPSA) is 43.8 Å². The van der Waals surface area contributed by atoms with Crippen molar-refractivity contribution in [3.8, 4) is 0 Å². The molecule has 1 saturated heterocycles. The van der Waals surface area contributed by atoms with Gasteiger partial charge in [0.1, 0.15) is 0 Å². The minimum atomic E-state index is -0.702. The van der Waals surface area contributed by atoms with Gasteiger partial charge in [-0.15, -0.1) is 0 Å². The number of carbonyl (C=O) groups is 1. The van der Waals surface area contributed by atoms with Gasteiger partial charge in [0.05, 0.1) is 6.54 Å². The highest BCUT2D eigenvalue weighted by molar-refractivity contribution is 5.69. The van der Waals surface area contributed by atoms with Gasteiger partial charge in [-0.05, 0) is 25.8 Å². The van der Waals surface area contributed by atoms with Crippen LogP contribution < -0.4 is 0 Å². The minimum Gasteiger partial charge on any atom is -0.480 e. The lowest BCUT2D eigenvalue weighted by Gasteiger charge is -2.36. The second-order valence-corrected chi connectivity index (χ2v) is 4.64. The fraction of sp³-hybridized carbons (Fsp3) is 0.909. The Morgan fingerprint density at radius 1 is 1.13 bits per heavy atom. The van der Waals surface area contributed by atoms with Crippen LogP contribution in [0, 0.1) is 0 Å². The van der Waals surface area contributed by atoms with Crippen molar-refractivity contribution in [1.82, 2.24) is 9.80 Å². The standard InChI is InChI=1S/C11H20N2O2/c14-11(15)9-12-5-2-6-13(8-7-12)10-3-1-4-10/h10H,1-9H2,(H,14,15). The van der Waals surface area contributed by atoms with Crippen LogP contribution in [0.5, 0.6) is 0 Å². The molecular formula is C11H20N2O2. The summed E-state index contributed by atoms with van der Waals surface area (Å²) in [6.45, 7) is 4.27. The average Bonchev–Trinajstić information content (AvgIpc) is 2.27. The third kappa shape index (κ3) is 2.92. The van der Waals surface area contributed by atoms with Crippen LogP contribution in [-0.4, -0.2) is 59.6 Å². The van der Waals surface area contributed by atoms with Gasteiger partial charge >= 0.3 is 5.97 Å². The van der Waals surface area contributed by atoms with Crippen molar-refractivity contribution >= 4 is 5.97 Å². The zero-order valence-electron chi connectivity index (χ0n) is 9.19. The van der Waals surface area contributed by atoms with E-state index in [4.69, 9.17) is 5.11 Å². The molecule has 0 aromatic rings. The quantitative estimate of drug-likeness (QED) is 0.745. The molecule has 2 fully saturated rings. The monoisotopic (exact) mass is 212 g/mol. The lowest BCUT2D eigenvalue weighted by molar-refractivity contribution is -0.138. The van der Waals surface area contributed by atoms with E-state index in [0.717, 1.165) is 38.6 Å². The Kier molecular flexibility index (Phi) is 3.59. The summed E-state index contributed by atoms with van der Waals surface area (Å²) in [7, 11) is 0. The maximum atomic E-state index is 10.6. The molecule has 1 saturated carbocycles. The van der Waals surface area contributed by atoms with Gasteiger partial charge < -0.3 is 5.11 Å². The highest BCUT2D eigenvalue weighted by Crippen LogP contribution is 2.25. The summed E-state index contributed by atoms with van der Waals surface area (Å²) < 4.78 is 0. The zero-order chi connectivity index (χ0) is 10.7. The van der Waals surface area contributed by atoms with Gasteiger partial charge in [-0.1, -0.05) is 6.42 Å². The predicted molar refractivity (Wildman–Crippen MR) is 57.9 cm³/mol. The summed E-state index contributed by atoms with van der Waals surface area (Å²) in [5.41, 5.74) is 0. The van der Waals surface area contributed by atoms with E-state index in [2.05, 4.69) is 9.80 Å². The summed E-state index contributed by atoms with van der Waals surface area (Å²) in [6, 6.07) is 0.801. The van der Waals surface area contributed by atoms with Crippen LogP contribution in [0.15, 0.2) is 0 Å². The van der Waals surface area contributed by atoms with E-state index in [9.17, 15) is 4.79 Å². The Balaban J connectivity index is 1.78. The van der Waals surface area contributed by atoms with Crippen LogP contribution in [0.2, 0.25) is 0 Å². The van der Waals surface area contributed by atoms with Crippen LogP contribution >= 0.6 is 0 Å². The Hall–Kier alpha value is -0.610. The SMILES string of the molecule is O=C(O)CN1CCCN(C2CCC2)CC1. The van der Waals surface area contributed by atoms with Crippen LogP contribution in [0.3, 0.4) is 0 Å². The van der Waals surface area contributed by atoms with Crippen molar-refractivity contribution in [2.45, 2.75) is 31.7 Å². The molecule has 4 nitrogen and oxygen atoms in total. The second-order valence-electron chi connectivity index (χ2n) is 4.64. The number of hydrogen-bond donors (Lipinski definition) is 1. The van der Waals surface area contributed by atoms with Gasteiger partial charge in [0.15, 0.2) is 0 Å². The summed E-state index contributed by atoms with van der Waals surface area (Å²) in [6.07, 6.45) is 5.18. The first kappa shape index (κ1) is 10.9. The molecule has 0 radical (unpaired) electrons. The van der Waals surface area contributed by atoms with Crippen LogP contribution in [-0.2, 0) is 4.79 Å². The fourth-order valence-electron chi connectivity index (χ4n) is 2.46. The molecule has 1 aliphatic heterocycles. The maximum Gasteiger partial charge on any atom is 0.317 e. The lowest BCUT2D eigenvalue weighted by atomic mass is 9.91. The number of aliphatic carboxylic acids is 1. The largest absolute Gasteiger partial charge is 0.480 e. The molecule has 1 N–H and O–H groups in total. The number of carboxylic acid groups (broad SMARTS) is 1. The smallest absolute Gasteiger partial charge is 0.317 e. The first-order chi connectivity index (χ1) is 7.25. The van der Waals surface area contributed by atoms with E-state index in [1.54, 1.807) is 0 Å². The van der Waals surface area contributed by atoms with Crippen LogP contribution in [0.1, 0.15) is 25.7 Å². The van der Waals surface area contributed by atoms with E-state index < -0.39 is 5.97 Å². The van der Waals surface area contributed by atoms with Gasteiger partial charge in [0.25, 0.3) is 0 Å². The molecular weight excluding hydrogens is 192 g/mol.